The van der Waals surface area contributed by atoms with Crippen molar-refractivity contribution >= 4 is 42.4 Å². The number of rotatable bonds is 5. The number of piperidine rings is 1. The van der Waals surface area contributed by atoms with Crippen LogP contribution in [0.3, 0.4) is 0 Å². The third-order valence-electron chi connectivity index (χ3n) is 5.20. The van der Waals surface area contributed by atoms with Crippen molar-refractivity contribution in [2.24, 2.45) is 5.92 Å². The van der Waals surface area contributed by atoms with Gasteiger partial charge in [0.2, 0.25) is 5.91 Å². The van der Waals surface area contributed by atoms with E-state index in [1.807, 2.05) is 36.0 Å². The molecule has 2 unspecified atom stereocenters. The molecule has 0 saturated carbocycles. The van der Waals surface area contributed by atoms with Gasteiger partial charge in [-0.3, -0.25) is 9.59 Å². The predicted octanol–water partition coefficient (Wildman–Crippen LogP) is 1.71. The normalized spacial score (nSPS) is 21.3. The van der Waals surface area contributed by atoms with Crippen molar-refractivity contribution in [3.05, 3.63) is 23.9 Å². The van der Waals surface area contributed by atoms with Crippen LogP contribution in [0, 0.1) is 5.92 Å². The Morgan fingerprint density at radius 1 is 1.25 bits per heavy atom. The summed E-state index contributed by atoms with van der Waals surface area (Å²) in [6, 6.07) is 3.66. The summed E-state index contributed by atoms with van der Waals surface area (Å²) < 4.78 is 0. The first-order valence-corrected chi connectivity index (χ1v) is 9.48. The Labute approximate surface area is 179 Å². The lowest BCUT2D eigenvalue weighted by molar-refractivity contribution is -0.123. The zero-order valence-electron chi connectivity index (χ0n) is 16.5. The van der Waals surface area contributed by atoms with Crippen LogP contribution in [0.1, 0.15) is 36.0 Å². The molecule has 2 aliphatic heterocycles. The number of aromatic nitrogens is 1. The van der Waals surface area contributed by atoms with Gasteiger partial charge in [-0.1, -0.05) is 0 Å². The number of carbonyl (C=O) groups excluding carboxylic acids is 2. The second-order valence-electron chi connectivity index (χ2n) is 7.45. The van der Waals surface area contributed by atoms with E-state index in [-0.39, 0.29) is 42.7 Å². The summed E-state index contributed by atoms with van der Waals surface area (Å²) in [5.41, 5.74) is 0.621. The van der Waals surface area contributed by atoms with E-state index in [2.05, 4.69) is 15.6 Å². The quantitative estimate of drug-likeness (QED) is 0.741. The zero-order chi connectivity index (χ0) is 18.5. The first-order chi connectivity index (χ1) is 12.5. The molecular formula is C19H31Cl2N5O2. The van der Waals surface area contributed by atoms with Crippen LogP contribution < -0.4 is 15.5 Å². The van der Waals surface area contributed by atoms with Gasteiger partial charge in [0.05, 0.1) is 11.6 Å². The standard InChI is InChI=1S/C19H29N5O2.2ClH/c1-23(2)17-8-7-15(12-21-17)19(26)24-10-4-5-14(13-24)11-22-18(25)16-6-3-9-20-16;;/h7-8,12,14,16,20H,3-6,9-11,13H2,1-2H3,(H,22,25);2*1H. The maximum absolute atomic E-state index is 12.7. The average molecular weight is 432 g/mol. The Bertz CT molecular complexity index is 636. The molecule has 0 aliphatic carbocycles. The highest BCUT2D eigenvalue weighted by atomic mass is 35.5. The fraction of sp³-hybridized carbons (Fsp3) is 0.632. The highest BCUT2D eigenvalue weighted by molar-refractivity contribution is 5.94. The Kier molecular flexibility index (Phi) is 9.99. The summed E-state index contributed by atoms with van der Waals surface area (Å²) in [4.78, 5) is 33.0. The monoisotopic (exact) mass is 431 g/mol. The molecule has 9 heteroatoms. The molecule has 28 heavy (non-hydrogen) atoms. The summed E-state index contributed by atoms with van der Waals surface area (Å²) >= 11 is 0. The fourth-order valence-electron chi connectivity index (χ4n) is 3.65. The number of carbonyl (C=O) groups is 2. The largest absolute Gasteiger partial charge is 0.363 e. The molecule has 2 fully saturated rings. The molecule has 0 radical (unpaired) electrons. The van der Waals surface area contributed by atoms with Gasteiger partial charge in [0, 0.05) is 39.9 Å². The summed E-state index contributed by atoms with van der Waals surface area (Å²) in [6.45, 7) is 3.01. The minimum absolute atomic E-state index is 0. The van der Waals surface area contributed by atoms with Crippen molar-refractivity contribution in [3.63, 3.8) is 0 Å². The van der Waals surface area contributed by atoms with Crippen LogP contribution in [0.4, 0.5) is 5.82 Å². The molecule has 3 rings (SSSR count). The minimum Gasteiger partial charge on any atom is -0.363 e. The average Bonchev–Trinajstić information content (AvgIpc) is 3.21. The van der Waals surface area contributed by atoms with E-state index in [1.165, 1.54) is 0 Å². The van der Waals surface area contributed by atoms with Crippen LogP contribution in [-0.2, 0) is 4.79 Å². The maximum Gasteiger partial charge on any atom is 0.255 e. The number of nitrogens with one attached hydrogen (secondary N) is 2. The van der Waals surface area contributed by atoms with Gasteiger partial charge in [0.15, 0.2) is 0 Å². The van der Waals surface area contributed by atoms with Crippen LogP contribution >= 0.6 is 24.8 Å². The number of likely N-dealkylation sites (tertiary alicyclic amines) is 1. The minimum atomic E-state index is -0.0439. The third kappa shape index (κ3) is 6.22. The predicted molar refractivity (Wildman–Crippen MR) is 116 cm³/mol. The summed E-state index contributed by atoms with van der Waals surface area (Å²) in [6.07, 6.45) is 5.63. The van der Waals surface area contributed by atoms with Crippen molar-refractivity contribution in [2.75, 3.05) is 45.2 Å². The smallest absolute Gasteiger partial charge is 0.255 e. The van der Waals surface area contributed by atoms with Crippen LogP contribution in [0.25, 0.3) is 0 Å². The molecule has 0 bridgehead atoms. The van der Waals surface area contributed by atoms with E-state index in [0.717, 1.165) is 44.6 Å². The number of anilines is 1. The first kappa shape index (κ1) is 24.5. The summed E-state index contributed by atoms with van der Waals surface area (Å²) in [5.74, 6) is 1.26. The van der Waals surface area contributed by atoms with Gasteiger partial charge in [0.25, 0.3) is 5.91 Å². The van der Waals surface area contributed by atoms with Crippen molar-refractivity contribution in [2.45, 2.75) is 31.7 Å². The number of nitrogens with zero attached hydrogens (tertiary/aromatic N) is 3. The van der Waals surface area contributed by atoms with Gasteiger partial charge in [-0.2, -0.15) is 0 Å². The topological polar surface area (TPSA) is 77.6 Å². The molecule has 2 N–H and O–H groups in total. The van der Waals surface area contributed by atoms with E-state index in [9.17, 15) is 9.59 Å². The molecule has 0 spiro atoms. The van der Waals surface area contributed by atoms with Crippen LogP contribution in [0.5, 0.6) is 0 Å². The SMILES string of the molecule is CN(C)c1ccc(C(=O)N2CCCC(CNC(=O)C3CCCN3)C2)cn1.Cl.Cl. The van der Waals surface area contributed by atoms with Crippen molar-refractivity contribution in [1.82, 2.24) is 20.5 Å². The summed E-state index contributed by atoms with van der Waals surface area (Å²) in [7, 11) is 3.85. The molecule has 1 aromatic rings. The van der Waals surface area contributed by atoms with E-state index < -0.39 is 0 Å². The molecule has 2 saturated heterocycles. The molecule has 3 heterocycles. The lowest BCUT2D eigenvalue weighted by Gasteiger charge is -2.33. The number of hydrogen-bond acceptors (Lipinski definition) is 5. The van der Waals surface area contributed by atoms with Gasteiger partial charge in [-0.05, 0) is 50.3 Å². The first-order valence-electron chi connectivity index (χ1n) is 9.48. The molecule has 7 nitrogen and oxygen atoms in total. The van der Waals surface area contributed by atoms with Gasteiger partial charge < -0.3 is 20.4 Å². The lowest BCUT2D eigenvalue weighted by Crippen LogP contribution is -2.46. The highest BCUT2D eigenvalue weighted by Crippen LogP contribution is 2.19. The van der Waals surface area contributed by atoms with Crippen molar-refractivity contribution < 1.29 is 9.59 Å². The molecule has 2 atom stereocenters. The Morgan fingerprint density at radius 3 is 2.64 bits per heavy atom. The van der Waals surface area contributed by atoms with Crippen molar-refractivity contribution in [1.29, 1.82) is 0 Å². The Morgan fingerprint density at radius 2 is 2.04 bits per heavy atom. The van der Waals surface area contributed by atoms with E-state index in [4.69, 9.17) is 0 Å². The van der Waals surface area contributed by atoms with E-state index in [1.54, 1.807) is 6.20 Å². The lowest BCUT2D eigenvalue weighted by atomic mass is 9.97. The van der Waals surface area contributed by atoms with E-state index in [0.29, 0.717) is 24.6 Å². The number of pyridine rings is 1. The van der Waals surface area contributed by atoms with E-state index >= 15 is 0 Å². The number of hydrogen-bond donors (Lipinski definition) is 2. The molecular weight excluding hydrogens is 401 g/mol. The molecule has 1 aromatic heterocycles. The molecule has 2 aliphatic rings. The fourth-order valence-corrected chi connectivity index (χ4v) is 3.65. The number of amides is 2. The maximum atomic E-state index is 12.7. The van der Waals surface area contributed by atoms with Crippen LogP contribution in [-0.4, -0.2) is 68.0 Å². The van der Waals surface area contributed by atoms with Crippen molar-refractivity contribution in [3.8, 4) is 0 Å². The Balaban J connectivity index is 0.00000196. The third-order valence-corrected chi connectivity index (χ3v) is 5.20. The second kappa shape index (κ2) is 11.4. The Hall–Kier alpha value is -1.57. The van der Waals surface area contributed by atoms with Crippen LogP contribution in [0.15, 0.2) is 18.3 Å². The molecule has 0 aromatic carbocycles. The van der Waals surface area contributed by atoms with Gasteiger partial charge >= 0.3 is 0 Å². The van der Waals surface area contributed by atoms with Crippen LogP contribution in [0.2, 0.25) is 0 Å². The molecule has 2 amide bonds. The van der Waals surface area contributed by atoms with Gasteiger partial charge in [-0.25, -0.2) is 4.98 Å². The second-order valence-corrected chi connectivity index (χ2v) is 7.45. The summed E-state index contributed by atoms with van der Waals surface area (Å²) in [5, 5.41) is 6.27. The van der Waals surface area contributed by atoms with Gasteiger partial charge in [-0.15, -0.1) is 24.8 Å². The highest BCUT2D eigenvalue weighted by Gasteiger charge is 2.27. The molecule has 158 valence electrons. The number of halogens is 2. The van der Waals surface area contributed by atoms with Gasteiger partial charge in [0.1, 0.15) is 5.82 Å². The zero-order valence-corrected chi connectivity index (χ0v) is 18.2.